The number of benzene rings is 2. The lowest BCUT2D eigenvalue weighted by molar-refractivity contribution is 0.191. The third kappa shape index (κ3) is 2.88. The summed E-state index contributed by atoms with van der Waals surface area (Å²) in [6.07, 6.45) is 1.44. The summed E-state index contributed by atoms with van der Waals surface area (Å²) < 4.78 is 11.5. The van der Waals surface area contributed by atoms with Gasteiger partial charge in [-0.2, -0.15) is 0 Å². The maximum absolute atomic E-state index is 9.72. The summed E-state index contributed by atoms with van der Waals surface area (Å²) in [6.45, 7) is 1.75. The van der Waals surface area contributed by atoms with Crippen molar-refractivity contribution in [1.29, 1.82) is 0 Å². The lowest BCUT2D eigenvalue weighted by Crippen LogP contribution is -2.17. The van der Waals surface area contributed by atoms with Crippen LogP contribution in [-0.2, 0) is 12.8 Å². The van der Waals surface area contributed by atoms with Gasteiger partial charge in [-0.3, -0.25) is 0 Å². The van der Waals surface area contributed by atoms with Crippen molar-refractivity contribution in [2.45, 2.75) is 32.0 Å². The number of hydrogen-bond donors (Lipinski definition) is 1. The van der Waals surface area contributed by atoms with E-state index in [2.05, 4.69) is 24.3 Å². The van der Waals surface area contributed by atoms with Gasteiger partial charge in [-0.25, -0.2) is 0 Å². The molecule has 0 saturated heterocycles. The van der Waals surface area contributed by atoms with Crippen LogP contribution < -0.4 is 9.47 Å². The van der Waals surface area contributed by atoms with E-state index < -0.39 is 6.10 Å². The Labute approximate surface area is 125 Å². The molecule has 1 unspecified atom stereocenters. The Morgan fingerprint density at radius 3 is 2.29 bits per heavy atom. The van der Waals surface area contributed by atoms with Crippen LogP contribution in [0.5, 0.6) is 11.5 Å². The summed E-state index contributed by atoms with van der Waals surface area (Å²) in [5, 5.41) is 9.72. The molecule has 1 atom stereocenters. The Bertz CT molecular complexity index is 609. The standard InChI is InChI=1S/C18H20O3/c1-12(19)13-7-8-17(20-2)18(11-13)21-16-9-14-5-3-4-6-15(14)10-16/h3-8,11-12,16,19H,9-10H2,1-2H3. The maximum atomic E-state index is 9.72. The van der Waals surface area contributed by atoms with Gasteiger partial charge in [0, 0.05) is 12.8 Å². The van der Waals surface area contributed by atoms with Crippen molar-refractivity contribution in [2.75, 3.05) is 7.11 Å². The molecule has 0 bridgehead atoms. The monoisotopic (exact) mass is 284 g/mol. The molecule has 2 aromatic rings. The lowest BCUT2D eigenvalue weighted by Gasteiger charge is -2.17. The largest absolute Gasteiger partial charge is 0.493 e. The molecule has 0 aliphatic heterocycles. The molecule has 3 nitrogen and oxygen atoms in total. The molecular formula is C18H20O3. The van der Waals surface area contributed by atoms with Gasteiger partial charge in [0.1, 0.15) is 6.10 Å². The second-order valence-corrected chi connectivity index (χ2v) is 5.50. The topological polar surface area (TPSA) is 38.7 Å². The fraction of sp³-hybridized carbons (Fsp3) is 0.333. The summed E-state index contributed by atoms with van der Waals surface area (Å²) >= 11 is 0. The van der Waals surface area contributed by atoms with Crippen LogP contribution in [0.15, 0.2) is 42.5 Å². The van der Waals surface area contributed by atoms with Gasteiger partial charge in [0.25, 0.3) is 0 Å². The first kappa shape index (κ1) is 14.0. The zero-order valence-corrected chi connectivity index (χ0v) is 12.4. The number of aliphatic hydroxyl groups excluding tert-OH is 1. The van der Waals surface area contributed by atoms with Crippen molar-refractivity contribution in [3.05, 3.63) is 59.2 Å². The smallest absolute Gasteiger partial charge is 0.161 e. The van der Waals surface area contributed by atoms with Crippen molar-refractivity contribution in [3.63, 3.8) is 0 Å². The van der Waals surface area contributed by atoms with Crippen molar-refractivity contribution >= 4 is 0 Å². The van der Waals surface area contributed by atoms with E-state index in [0.29, 0.717) is 11.5 Å². The van der Waals surface area contributed by atoms with Gasteiger partial charge in [0.05, 0.1) is 13.2 Å². The Morgan fingerprint density at radius 1 is 1.05 bits per heavy atom. The van der Waals surface area contributed by atoms with Gasteiger partial charge in [0.2, 0.25) is 0 Å². The first-order chi connectivity index (χ1) is 10.2. The molecule has 2 aromatic carbocycles. The van der Waals surface area contributed by atoms with E-state index in [4.69, 9.17) is 9.47 Å². The second-order valence-electron chi connectivity index (χ2n) is 5.50. The van der Waals surface area contributed by atoms with E-state index in [-0.39, 0.29) is 6.10 Å². The minimum Gasteiger partial charge on any atom is -0.493 e. The third-order valence-electron chi connectivity index (χ3n) is 3.98. The first-order valence-electron chi connectivity index (χ1n) is 7.27. The molecule has 1 aliphatic carbocycles. The molecular weight excluding hydrogens is 264 g/mol. The normalized spacial score (nSPS) is 15.6. The van der Waals surface area contributed by atoms with E-state index in [1.165, 1.54) is 11.1 Å². The molecule has 0 amide bonds. The van der Waals surface area contributed by atoms with Gasteiger partial charge >= 0.3 is 0 Å². The van der Waals surface area contributed by atoms with E-state index in [9.17, 15) is 5.11 Å². The van der Waals surface area contributed by atoms with Crippen LogP contribution in [0.25, 0.3) is 0 Å². The molecule has 0 aromatic heterocycles. The fourth-order valence-corrected chi connectivity index (χ4v) is 2.83. The second kappa shape index (κ2) is 5.78. The van der Waals surface area contributed by atoms with Gasteiger partial charge in [-0.15, -0.1) is 0 Å². The van der Waals surface area contributed by atoms with Gasteiger partial charge in [0.15, 0.2) is 11.5 Å². The predicted octanol–water partition coefficient (Wildman–Crippen LogP) is 3.29. The fourth-order valence-electron chi connectivity index (χ4n) is 2.83. The lowest BCUT2D eigenvalue weighted by atomic mass is 10.1. The van der Waals surface area contributed by atoms with Gasteiger partial charge in [-0.1, -0.05) is 30.3 Å². The highest BCUT2D eigenvalue weighted by atomic mass is 16.5. The average Bonchev–Trinajstić information content (AvgIpc) is 2.89. The third-order valence-corrected chi connectivity index (χ3v) is 3.98. The Morgan fingerprint density at radius 2 is 1.71 bits per heavy atom. The number of methoxy groups -OCH3 is 1. The minimum atomic E-state index is -0.515. The SMILES string of the molecule is COc1ccc(C(C)O)cc1OC1Cc2ccccc2C1. The highest BCUT2D eigenvalue weighted by Gasteiger charge is 2.23. The molecule has 0 spiro atoms. The quantitative estimate of drug-likeness (QED) is 0.936. The van der Waals surface area contributed by atoms with Crippen LogP contribution in [0.4, 0.5) is 0 Å². The number of fused-ring (bicyclic) bond motifs is 1. The highest BCUT2D eigenvalue weighted by Crippen LogP contribution is 2.33. The first-order valence-corrected chi connectivity index (χ1v) is 7.27. The van der Waals surface area contributed by atoms with Crippen molar-refractivity contribution in [3.8, 4) is 11.5 Å². The van der Waals surface area contributed by atoms with E-state index in [1.807, 2.05) is 18.2 Å². The Hall–Kier alpha value is -2.00. The molecule has 3 heteroatoms. The van der Waals surface area contributed by atoms with Crippen LogP contribution in [0.2, 0.25) is 0 Å². The molecule has 1 aliphatic rings. The summed E-state index contributed by atoms with van der Waals surface area (Å²) in [6, 6.07) is 14.0. The van der Waals surface area contributed by atoms with Crippen molar-refractivity contribution < 1.29 is 14.6 Å². The highest BCUT2D eigenvalue weighted by molar-refractivity contribution is 5.44. The average molecular weight is 284 g/mol. The van der Waals surface area contributed by atoms with Crippen LogP contribution in [-0.4, -0.2) is 18.3 Å². The van der Waals surface area contributed by atoms with Crippen molar-refractivity contribution in [1.82, 2.24) is 0 Å². The summed E-state index contributed by atoms with van der Waals surface area (Å²) in [7, 11) is 1.63. The Balaban J connectivity index is 1.81. The zero-order chi connectivity index (χ0) is 14.8. The van der Waals surface area contributed by atoms with E-state index in [1.54, 1.807) is 14.0 Å². The molecule has 0 fully saturated rings. The summed E-state index contributed by atoms with van der Waals surface area (Å²) in [5.41, 5.74) is 3.54. The molecule has 110 valence electrons. The molecule has 0 radical (unpaired) electrons. The summed E-state index contributed by atoms with van der Waals surface area (Å²) in [5.74, 6) is 1.41. The maximum Gasteiger partial charge on any atom is 0.161 e. The molecule has 0 saturated carbocycles. The number of hydrogen-bond acceptors (Lipinski definition) is 3. The Kier molecular flexibility index (Phi) is 3.84. The minimum absolute atomic E-state index is 0.126. The van der Waals surface area contributed by atoms with Gasteiger partial charge in [-0.05, 0) is 35.7 Å². The molecule has 0 heterocycles. The van der Waals surface area contributed by atoms with E-state index >= 15 is 0 Å². The van der Waals surface area contributed by atoms with Crippen LogP contribution in [0.3, 0.4) is 0 Å². The number of aliphatic hydroxyl groups is 1. The zero-order valence-electron chi connectivity index (χ0n) is 12.4. The summed E-state index contributed by atoms with van der Waals surface area (Å²) in [4.78, 5) is 0. The number of ether oxygens (including phenoxy) is 2. The van der Waals surface area contributed by atoms with Crippen LogP contribution >= 0.6 is 0 Å². The van der Waals surface area contributed by atoms with Crippen LogP contribution in [0, 0.1) is 0 Å². The molecule has 1 N–H and O–H groups in total. The van der Waals surface area contributed by atoms with E-state index in [0.717, 1.165) is 18.4 Å². The predicted molar refractivity (Wildman–Crippen MR) is 81.9 cm³/mol. The van der Waals surface area contributed by atoms with Gasteiger partial charge < -0.3 is 14.6 Å². The number of rotatable bonds is 4. The molecule has 3 rings (SSSR count). The van der Waals surface area contributed by atoms with Crippen LogP contribution in [0.1, 0.15) is 29.7 Å². The molecule has 21 heavy (non-hydrogen) atoms. The van der Waals surface area contributed by atoms with Crippen molar-refractivity contribution in [2.24, 2.45) is 0 Å².